The zero-order chi connectivity index (χ0) is 21.5. The fourth-order valence-corrected chi connectivity index (χ4v) is 4.48. The number of hydrogen-bond donors (Lipinski definition) is 2. The van der Waals surface area contributed by atoms with Gasteiger partial charge in [0.15, 0.2) is 11.5 Å². The molecule has 0 saturated heterocycles. The predicted octanol–water partition coefficient (Wildman–Crippen LogP) is 4.23. The van der Waals surface area contributed by atoms with E-state index < -0.39 is 0 Å². The van der Waals surface area contributed by atoms with E-state index in [0.29, 0.717) is 23.2 Å². The Hall–Kier alpha value is -2.24. The lowest BCUT2D eigenvalue weighted by atomic mass is 9.97. The average molecular weight is 414 g/mol. The van der Waals surface area contributed by atoms with Gasteiger partial charge in [0.1, 0.15) is 0 Å². The molecule has 2 unspecified atom stereocenters. The third-order valence-electron chi connectivity index (χ3n) is 6.15. The number of methoxy groups -OCH3 is 3. The van der Waals surface area contributed by atoms with E-state index in [4.69, 9.17) is 14.2 Å². The first-order valence-corrected chi connectivity index (χ1v) is 10.8. The quantitative estimate of drug-likeness (QED) is 0.540. The Balaban J connectivity index is 1.37. The van der Waals surface area contributed by atoms with Crippen LogP contribution in [0.5, 0.6) is 17.2 Å². The van der Waals surface area contributed by atoms with Crippen LogP contribution >= 0.6 is 0 Å². The highest BCUT2D eigenvalue weighted by atomic mass is 16.5. The van der Waals surface area contributed by atoms with Crippen molar-refractivity contribution in [2.24, 2.45) is 5.92 Å². The molecular formula is C25H35NO4. The van der Waals surface area contributed by atoms with Crippen molar-refractivity contribution in [2.45, 2.75) is 45.1 Å². The number of ether oxygens (including phenoxy) is 3. The minimum absolute atomic E-state index is 0.306. The Morgan fingerprint density at radius 2 is 1.70 bits per heavy atom. The maximum Gasteiger partial charge on any atom is 0.203 e. The molecule has 2 N–H and O–H groups in total. The number of aliphatic hydroxyl groups excluding tert-OH is 1. The normalized spacial score (nSPS) is 17.6. The molecule has 0 aromatic heterocycles. The molecule has 1 aliphatic rings. The van der Waals surface area contributed by atoms with Crippen molar-refractivity contribution in [3.05, 3.63) is 52.6 Å². The Bertz CT molecular complexity index is 811. The lowest BCUT2D eigenvalue weighted by Crippen LogP contribution is -2.19. The molecule has 2 aromatic carbocycles. The van der Waals surface area contributed by atoms with Crippen LogP contribution in [0.1, 0.15) is 47.6 Å². The van der Waals surface area contributed by atoms with Crippen molar-refractivity contribution in [1.82, 2.24) is 5.32 Å². The lowest BCUT2D eigenvalue weighted by Gasteiger charge is -2.15. The molecule has 0 saturated carbocycles. The summed E-state index contributed by atoms with van der Waals surface area (Å²) in [5.41, 5.74) is 4.97. The lowest BCUT2D eigenvalue weighted by molar-refractivity contribution is 0.117. The van der Waals surface area contributed by atoms with Crippen LogP contribution in [0.4, 0.5) is 0 Å². The number of aliphatic hydroxyl groups is 1. The number of nitrogens with one attached hydrogen (secondary N) is 1. The summed E-state index contributed by atoms with van der Waals surface area (Å²) in [6.45, 7) is 4.08. The van der Waals surface area contributed by atoms with E-state index in [1.165, 1.54) is 16.7 Å². The minimum Gasteiger partial charge on any atom is -0.493 e. The topological polar surface area (TPSA) is 60.0 Å². The molecule has 0 aliphatic heterocycles. The zero-order valence-electron chi connectivity index (χ0n) is 18.7. The van der Waals surface area contributed by atoms with Crippen LogP contribution in [-0.2, 0) is 12.8 Å². The van der Waals surface area contributed by atoms with E-state index in [0.717, 1.165) is 50.8 Å². The van der Waals surface area contributed by atoms with Crippen molar-refractivity contribution in [3.8, 4) is 17.2 Å². The second-order valence-corrected chi connectivity index (χ2v) is 8.08. The molecule has 0 heterocycles. The standard InChI is InChI=1S/C25H35NO4/c1-17-8-5-11-20-21(17)16-19(24(20)27)10-7-13-26-12-6-9-18-14-22(28-2)25(30-4)23(15-18)29-3/h5,8,11,14-15,19,24,26-27H,6-7,9-10,12-13,16H2,1-4H3. The van der Waals surface area contributed by atoms with Gasteiger partial charge in [-0.1, -0.05) is 18.2 Å². The van der Waals surface area contributed by atoms with Crippen LogP contribution in [0.15, 0.2) is 30.3 Å². The van der Waals surface area contributed by atoms with Crippen molar-refractivity contribution < 1.29 is 19.3 Å². The highest BCUT2D eigenvalue weighted by Crippen LogP contribution is 2.40. The third kappa shape index (κ3) is 5.08. The third-order valence-corrected chi connectivity index (χ3v) is 6.15. The molecule has 0 radical (unpaired) electrons. The molecule has 30 heavy (non-hydrogen) atoms. The van der Waals surface area contributed by atoms with E-state index in [1.807, 2.05) is 12.1 Å². The molecule has 5 heteroatoms. The van der Waals surface area contributed by atoms with Gasteiger partial charge in [0, 0.05) is 0 Å². The van der Waals surface area contributed by atoms with E-state index in [-0.39, 0.29) is 6.10 Å². The molecule has 1 aliphatic carbocycles. The highest BCUT2D eigenvalue weighted by Gasteiger charge is 2.30. The summed E-state index contributed by atoms with van der Waals surface area (Å²) in [5.74, 6) is 2.38. The Labute approximate surface area is 180 Å². The Morgan fingerprint density at radius 1 is 1.00 bits per heavy atom. The van der Waals surface area contributed by atoms with Gasteiger partial charge in [0.2, 0.25) is 5.75 Å². The summed E-state index contributed by atoms with van der Waals surface area (Å²) in [6.07, 6.45) is 4.81. The Morgan fingerprint density at radius 3 is 2.33 bits per heavy atom. The smallest absolute Gasteiger partial charge is 0.203 e. The van der Waals surface area contributed by atoms with Crippen LogP contribution in [-0.4, -0.2) is 39.5 Å². The molecule has 2 atom stereocenters. The van der Waals surface area contributed by atoms with Gasteiger partial charge in [0.05, 0.1) is 27.4 Å². The fourth-order valence-electron chi connectivity index (χ4n) is 4.48. The molecule has 0 amide bonds. The summed E-state index contributed by atoms with van der Waals surface area (Å²) >= 11 is 0. The van der Waals surface area contributed by atoms with Gasteiger partial charge >= 0.3 is 0 Å². The van der Waals surface area contributed by atoms with E-state index in [2.05, 4.69) is 30.4 Å². The molecule has 3 rings (SSSR count). The van der Waals surface area contributed by atoms with E-state index in [9.17, 15) is 5.11 Å². The first-order chi connectivity index (χ1) is 14.6. The largest absolute Gasteiger partial charge is 0.493 e. The number of fused-ring (bicyclic) bond motifs is 1. The van der Waals surface area contributed by atoms with Crippen LogP contribution in [0.3, 0.4) is 0 Å². The first kappa shape index (κ1) is 22.4. The highest BCUT2D eigenvalue weighted by molar-refractivity contribution is 5.53. The number of rotatable bonds is 11. The van der Waals surface area contributed by atoms with E-state index in [1.54, 1.807) is 21.3 Å². The van der Waals surface area contributed by atoms with Gasteiger partial charge in [-0.15, -0.1) is 0 Å². The second kappa shape index (κ2) is 10.7. The van der Waals surface area contributed by atoms with Crippen LogP contribution in [0.25, 0.3) is 0 Å². The van der Waals surface area contributed by atoms with Gasteiger partial charge in [-0.25, -0.2) is 0 Å². The molecule has 164 valence electrons. The number of aryl methyl sites for hydroxylation is 2. The molecular weight excluding hydrogens is 378 g/mol. The molecule has 0 fully saturated rings. The van der Waals surface area contributed by atoms with Gasteiger partial charge in [-0.05, 0) is 92.4 Å². The van der Waals surface area contributed by atoms with Gasteiger partial charge in [-0.2, -0.15) is 0 Å². The monoisotopic (exact) mass is 413 g/mol. The number of benzene rings is 2. The summed E-state index contributed by atoms with van der Waals surface area (Å²) in [7, 11) is 4.90. The van der Waals surface area contributed by atoms with Crippen molar-refractivity contribution in [3.63, 3.8) is 0 Å². The van der Waals surface area contributed by atoms with Crippen LogP contribution < -0.4 is 19.5 Å². The molecule has 0 bridgehead atoms. The average Bonchev–Trinajstić information content (AvgIpc) is 3.09. The molecule has 0 spiro atoms. The summed E-state index contributed by atoms with van der Waals surface area (Å²) in [5, 5.41) is 14.1. The fraction of sp³-hybridized carbons (Fsp3) is 0.520. The van der Waals surface area contributed by atoms with Crippen molar-refractivity contribution >= 4 is 0 Å². The van der Waals surface area contributed by atoms with Crippen LogP contribution in [0.2, 0.25) is 0 Å². The Kier molecular flexibility index (Phi) is 8.00. The van der Waals surface area contributed by atoms with Gasteiger partial charge in [0.25, 0.3) is 0 Å². The summed E-state index contributed by atoms with van der Waals surface area (Å²) < 4.78 is 16.2. The maximum atomic E-state index is 10.6. The molecule has 5 nitrogen and oxygen atoms in total. The number of hydrogen-bond acceptors (Lipinski definition) is 5. The van der Waals surface area contributed by atoms with Crippen molar-refractivity contribution in [2.75, 3.05) is 34.4 Å². The molecule has 2 aromatic rings. The maximum absolute atomic E-state index is 10.6. The SMILES string of the molecule is COc1cc(CCCNCCCC2Cc3c(C)cccc3C2O)cc(OC)c1OC. The van der Waals surface area contributed by atoms with Crippen molar-refractivity contribution in [1.29, 1.82) is 0 Å². The summed E-state index contributed by atoms with van der Waals surface area (Å²) in [4.78, 5) is 0. The second-order valence-electron chi connectivity index (χ2n) is 8.08. The minimum atomic E-state index is -0.306. The van der Waals surface area contributed by atoms with E-state index >= 15 is 0 Å². The van der Waals surface area contributed by atoms with Gasteiger partial charge in [-0.3, -0.25) is 0 Å². The first-order valence-electron chi connectivity index (χ1n) is 10.8. The van der Waals surface area contributed by atoms with Gasteiger partial charge < -0.3 is 24.6 Å². The predicted molar refractivity (Wildman–Crippen MR) is 120 cm³/mol. The zero-order valence-corrected chi connectivity index (χ0v) is 18.7. The van der Waals surface area contributed by atoms with Crippen LogP contribution in [0, 0.1) is 12.8 Å². The summed E-state index contributed by atoms with van der Waals surface area (Å²) in [6, 6.07) is 10.3.